The molecule has 0 heteroatoms. The molecule has 12 bridgehead atoms. The fraction of sp³-hybridized carbons (Fsp3) is 0.854. The Morgan fingerprint density at radius 1 is 0.366 bits per heavy atom. The fourth-order valence-corrected chi connectivity index (χ4v) is 18.1. The summed E-state index contributed by atoms with van der Waals surface area (Å²) < 4.78 is 0. The Bertz CT molecular complexity index is 1220. The third kappa shape index (κ3) is 3.47. The molecule has 0 saturated heterocycles. The molecule has 0 N–H and O–H groups in total. The first-order valence-corrected chi connectivity index (χ1v) is 18.4. The normalized spacial score (nSPS) is 60.8. The van der Waals surface area contributed by atoms with Gasteiger partial charge in [0.2, 0.25) is 0 Å². The maximum atomic E-state index is 2.94. The molecular formula is C41H58. The van der Waals surface area contributed by atoms with Gasteiger partial charge in [0, 0.05) is 0 Å². The van der Waals surface area contributed by atoms with E-state index in [1.165, 1.54) is 109 Å². The van der Waals surface area contributed by atoms with Crippen molar-refractivity contribution in [1.29, 1.82) is 0 Å². The van der Waals surface area contributed by atoms with Gasteiger partial charge in [-0.1, -0.05) is 52.8 Å². The summed E-state index contributed by atoms with van der Waals surface area (Å²) >= 11 is 0. The van der Waals surface area contributed by atoms with Gasteiger partial charge in [-0.3, -0.25) is 0 Å². The number of hydrogen-bond donors (Lipinski definition) is 0. The van der Waals surface area contributed by atoms with E-state index in [4.69, 9.17) is 0 Å². The highest BCUT2D eigenvalue weighted by Gasteiger charge is 2.64. The van der Waals surface area contributed by atoms with E-state index < -0.39 is 0 Å². The van der Waals surface area contributed by atoms with E-state index in [-0.39, 0.29) is 0 Å². The summed E-state index contributed by atoms with van der Waals surface area (Å²) in [6.45, 7) is 13.5. The average molecular weight is 551 g/mol. The van der Waals surface area contributed by atoms with Gasteiger partial charge in [0.05, 0.1) is 0 Å². The quantitative estimate of drug-likeness (QED) is 0.351. The zero-order valence-electron chi connectivity index (χ0n) is 27.3. The van der Waals surface area contributed by atoms with Crippen LogP contribution in [0.3, 0.4) is 0 Å². The molecule has 12 aliphatic rings. The second-order valence-corrected chi connectivity index (χ2v) is 21.7. The maximum Gasteiger partial charge on any atom is -0.00338 e. The van der Waals surface area contributed by atoms with Gasteiger partial charge < -0.3 is 0 Å². The second kappa shape index (κ2) is 7.20. The molecule has 12 aliphatic carbocycles. The first kappa shape index (κ1) is 25.5. The molecule has 12 saturated carbocycles. The van der Waals surface area contributed by atoms with Crippen LogP contribution in [0, 0.1) is 50.7 Å². The van der Waals surface area contributed by atoms with Crippen LogP contribution in [0.15, 0.2) is 18.2 Å². The van der Waals surface area contributed by atoms with E-state index >= 15 is 0 Å². The summed E-state index contributed by atoms with van der Waals surface area (Å²) in [5.74, 6) is 3.96. The monoisotopic (exact) mass is 550 g/mol. The Balaban J connectivity index is 1.17. The van der Waals surface area contributed by atoms with E-state index in [9.17, 15) is 0 Å². The van der Waals surface area contributed by atoms with Crippen molar-refractivity contribution in [3.63, 3.8) is 0 Å². The summed E-state index contributed by atoms with van der Waals surface area (Å²) in [5.41, 5.74) is 9.92. The highest BCUT2D eigenvalue weighted by atomic mass is 14.7. The second-order valence-electron chi connectivity index (χ2n) is 21.7. The highest BCUT2D eigenvalue weighted by Crippen LogP contribution is 2.73. The Kier molecular flexibility index (Phi) is 4.48. The van der Waals surface area contributed by atoms with Gasteiger partial charge in [-0.25, -0.2) is 0 Å². The lowest BCUT2D eigenvalue weighted by Crippen LogP contribution is -2.58. The van der Waals surface area contributed by atoms with Crippen molar-refractivity contribution >= 4 is 0 Å². The number of benzene rings is 1. The van der Waals surface area contributed by atoms with Crippen molar-refractivity contribution in [2.45, 2.75) is 166 Å². The molecule has 0 radical (unpaired) electrons. The molecule has 0 aromatic heterocycles. The summed E-state index contributed by atoms with van der Waals surface area (Å²) in [7, 11) is 0. The summed E-state index contributed by atoms with van der Waals surface area (Å²) in [4.78, 5) is 0. The standard InChI is InChI=1S/C41H58/c1-34-10-27-6-28(11-34)17-39(16-27,22-34)31-7-32(40-18-29-12-35(2,23-40)20-36(3,13-29)24-40)9-33(8-31)41-19-30-14-37(4,25-41)21-38(5,15-30)26-41/h7-9,27-30H,6,10-26H2,1-5H3. The predicted molar refractivity (Wildman–Crippen MR) is 169 cm³/mol. The molecule has 1 aromatic rings. The van der Waals surface area contributed by atoms with E-state index in [0.29, 0.717) is 43.3 Å². The van der Waals surface area contributed by atoms with Crippen LogP contribution in [0.25, 0.3) is 0 Å². The molecule has 0 heterocycles. The van der Waals surface area contributed by atoms with Crippen LogP contribution in [0.4, 0.5) is 0 Å². The van der Waals surface area contributed by atoms with Crippen molar-refractivity contribution in [3.05, 3.63) is 34.9 Å². The molecule has 0 spiro atoms. The lowest BCUT2D eigenvalue weighted by Gasteiger charge is -2.67. The molecule has 41 heavy (non-hydrogen) atoms. The molecule has 0 aliphatic heterocycles. The van der Waals surface area contributed by atoms with Crippen molar-refractivity contribution in [2.24, 2.45) is 50.7 Å². The third-order valence-electron chi connectivity index (χ3n) is 16.4. The van der Waals surface area contributed by atoms with Crippen LogP contribution < -0.4 is 0 Å². The van der Waals surface area contributed by atoms with Gasteiger partial charge in [-0.15, -0.1) is 0 Å². The van der Waals surface area contributed by atoms with Crippen LogP contribution in [-0.2, 0) is 16.2 Å². The van der Waals surface area contributed by atoms with Crippen LogP contribution >= 0.6 is 0 Å². The molecule has 0 nitrogen and oxygen atoms in total. The minimum atomic E-state index is 0.454. The van der Waals surface area contributed by atoms with Crippen LogP contribution in [0.5, 0.6) is 0 Å². The van der Waals surface area contributed by atoms with Crippen molar-refractivity contribution in [3.8, 4) is 0 Å². The van der Waals surface area contributed by atoms with Gasteiger partial charge in [0.25, 0.3) is 0 Å². The summed E-state index contributed by atoms with van der Waals surface area (Å²) in [6.07, 6.45) is 27.1. The van der Waals surface area contributed by atoms with Crippen LogP contribution in [0.2, 0.25) is 0 Å². The Labute approximate surface area is 251 Å². The summed E-state index contributed by atoms with van der Waals surface area (Å²) in [6, 6.07) is 8.80. The fourth-order valence-electron chi connectivity index (χ4n) is 18.1. The van der Waals surface area contributed by atoms with E-state index in [2.05, 4.69) is 52.8 Å². The van der Waals surface area contributed by atoms with Gasteiger partial charge in [0.1, 0.15) is 0 Å². The SMILES string of the molecule is CC12CC3CC(C1)CC(c1cc(C45CC6CC(C)(CC(C)(C6)C4)C5)cc(C45CC6CC(C)(CC(C)(C6)C4)C5)c1)(C3)C2. The molecule has 0 amide bonds. The first-order chi connectivity index (χ1) is 19.2. The van der Waals surface area contributed by atoms with E-state index in [0.717, 1.165) is 23.7 Å². The molecule has 222 valence electrons. The van der Waals surface area contributed by atoms with Crippen molar-refractivity contribution in [1.82, 2.24) is 0 Å². The van der Waals surface area contributed by atoms with Gasteiger partial charge in [0.15, 0.2) is 0 Å². The maximum absolute atomic E-state index is 2.94. The van der Waals surface area contributed by atoms with Gasteiger partial charge in [-0.2, -0.15) is 0 Å². The van der Waals surface area contributed by atoms with Crippen LogP contribution in [-0.4, -0.2) is 0 Å². The number of hydrogen-bond acceptors (Lipinski definition) is 0. The zero-order chi connectivity index (χ0) is 27.9. The summed E-state index contributed by atoms with van der Waals surface area (Å²) in [5, 5.41) is 0. The minimum absolute atomic E-state index is 0.454. The first-order valence-electron chi connectivity index (χ1n) is 18.4. The van der Waals surface area contributed by atoms with Crippen molar-refractivity contribution in [2.75, 3.05) is 0 Å². The Hall–Kier alpha value is -0.780. The topological polar surface area (TPSA) is 0 Å². The van der Waals surface area contributed by atoms with Gasteiger partial charge in [-0.05, 0) is 199 Å². The molecule has 13 rings (SSSR count). The van der Waals surface area contributed by atoms with E-state index in [1.54, 1.807) is 6.42 Å². The predicted octanol–water partition coefficient (Wildman–Crippen LogP) is 11.0. The molecule has 6 atom stereocenters. The third-order valence-corrected chi connectivity index (χ3v) is 16.4. The molecular weight excluding hydrogens is 492 g/mol. The highest BCUT2D eigenvalue weighted by molar-refractivity contribution is 5.46. The minimum Gasteiger partial charge on any atom is -0.0596 e. The van der Waals surface area contributed by atoms with E-state index in [1.807, 2.05) is 16.7 Å². The Morgan fingerprint density at radius 3 is 1.05 bits per heavy atom. The zero-order valence-corrected chi connectivity index (χ0v) is 27.3. The van der Waals surface area contributed by atoms with Crippen molar-refractivity contribution < 1.29 is 0 Å². The molecule has 12 fully saturated rings. The Morgan fingerprint density at radius 2 is 0.683 bits per heavy atom. The number of rotatable bonds is 3. The largest absolute Gasteiger partial charge is 0.0596 e. The lowest BCUT2D eigenvalue weighted by atomic mass is 9.38. The van der Waals surface area contributed by atoms with Crippen LogP contribution in [0.1, 0.15) is 167 Å². The molecule has 1 aromatic carbocycles. The lowest BCUT2D eigenvalue weighted by molar-refractivity contribution is -0.112. The average Bonchev–Trinajstić information content (AvgIpc) is 2.77. The molecule has 6 unspecified atom stereocenters. The van der Waals surface area contributed by atoms with Gasteiger partial charge >= 0.3 is 0 Å². The smallest absolute Gasteiger partial charge is 0.00338 e.